The van der Waals surface area contributed by atoms with Gasteiger partial charge in [-0.2, -0.15) is 0 Å². The van der Waals surface area contributed by atoms with Crippen LogP contribution in [0, 0.1) is 13.8 Å². The van der Waals surface area contributed by atoms with Crippen molar-refractivity contribution in [3.8, 4) is 0 Å². The molecule has 0 spiro atoms. The van der Waals surface area contributed by atoms with Gasteiger partial charge in [0, 0.05) is 24.5 Å². The minimum atomic E-state index is -3.80. The molecule has 37 heavy (non-hydrogen) atoms. The highest BCUT2D eigenvalue weighted by atomic mass is 79.9. The summed E-state index contributed by atoms with van der Waals surface area (Å²) < 4.78 is 27.8. The number of halogens is 1. The molecule has 0 saturated carbocycles. The maximum atomic E-state index is 14.0. The van der Waals surface area contributed by atoms with E-state index in [0.29, 0.717) is 5.69 Å². The number of carbonyl (C=O) groups excluding carboxylic acids is 2. The number of hydrogen-bond acceptors (Lipinski definition) is 4. The third-order valence-electron chi connectivity index (χ3n) is 6.13. The van der Waals surface area contributed by atoms with Crippen LogP contribution < -0.4 is 9.62 Å². The van der Waals surface area contributed by atoms with Crippen LogP contribution >= 0.6 is 15.9 Å². The summed E-state index contributed by atoms with van der Waals surface area (Å²) in [7, 11) is -2.27. The third-order valence-corrected chi connectivity index (χ3v) is 7.73. The molecule has 0 saturated heterocycles. The molecule has 0 aliphatic rings. The molecule has 0 heterocycles. The molecule has 0 fully saturated rings. The number of hydrogen-bond donors (Lipinski definition) is 1. The second-order valence-electron chi connectivity index (χ2n) is 8.98. The smallest absolute Gasteiger partial charge is 0.244 e. The van der Waals surface area contributed by atoms with Crippen molar-refractivity contribution >= 4 is 43.5 Å². The highest BCUT2D eigenvalue weighted by Crippen LogP contribution is 2.27. The summed E-state index contributed by atoms with van der Waals surface area (Å²) in [5, 5.41) is 2.68. The molecule has 0 aromatic heterocycles. The predicted octanol–water partition coefficient (Wildman–Crippen LogP) is 4.22. The molecule has 0 unspecified atom stereocenters. The van der Waals surface area contributed by atoms with Crippen molar-refractivity contribution in [2.24, 2.45) is 0 Å². The monoisotopic (exact) mass is 585 g/mol. The molecule has 0 bridgehead atoms. The van der Waals surface area contributed by atoms with E-state index >= 15 is 0 Å². The summed E-state index contributed by atoms with van der Waals surface area (Å²) >= 11 is 3.47. The number of anilines is 1. The Kier molecular flexibility index (Phi) is 9.50. The van der Waals surface area contributed by atoms with Crippen LogP contribution in [0.1, 0.15) is 22.3 Å². The summed E-state index contributed by atoms with van der Waals surface area (Å²) in [6, 6.07) is 21.5. The number of likely N-dealkylation sites (N-methyl/N-ethyl adjacent to an activating group) is 1. The number of amides is 2. The third kappa shape index (κ3) is 7.42. The number of rotatable bonds is 10. The van der Waals surface area contributed by atoms with Gasteiger partial charge in [-0.05, 0) is 48.2 Å². The fourth-order valence-corrected chi connectivity index (χ4v) is 5.74. The van der Waals surface area contributed by atoms with Crippen molar-refractivity contribution in [2.75, 3.05) is 24.2 Å². The maximum absolute atomic E-state index is 14.0. The molecule has 3 aromatic rings. The zero-order chi connectivity index (χ0) is 27.2. The lowest BCUT2D eigenvalue weighted by molar-refractivity contribution is -0.139. The second kappa shape index (κ2) is 12.4. The summed E-state index contributed by atoms with van der Waals surface area (Å²) in [5.41, 5.74) is 3.65. The molecule has 1 atom stereocenters. The molecule has 9 heteroatoms. The number of sulfonamides is 1. The van der Waals surface area contributed by atoms with E-state index in [-0.39, 0.29) is 18.9 Å². The van der Waals surface area contributed by atoms with Gasteiger partial charge in [-0.25, -0.2) is 8.42 Å². The predicted molar refractivity (Wildman–Crippen MR) is 151 cm³/mol. The van der Waals surface area contributed by atoms with Crippen molar-refractivity contribution in [3.63, 3.8) is 0 Å². The van der Waals surface area contributed by atoms with Gasteiger partial charge in [0.25, 0.3) is 0 Å². The van der Waals surface area contributed by atoms with E-state index in [1.54, 1.807) is 0 Å². The van der Waals surface area contributed by atoms with Crippen molar-refractivity contribution in [3.05, 3.63) is 99.5 Å². The fraction of sp³-hybridized carbons (Fsp3) is 0.286. The highest BCUT2D eigenvalue weighted by Gasteiger charge is 2.33. The Hall–Kier alpha value is -3.17. The number of aryl methyl sites for hydroxylation is 2. The second-order valence-corrected chi connectivity index (χ2v) is 11.8. The molecule has 0 aliphatic carbocycles. The van der Waals surface area contributed by atoms with E-state index in [9.17, 15) is 18.0 Å². The molecule has 7 nitrogen and oxygen atoms in total. The summed E-state index contributed by atoms with van der Waals surface area (Å²) in [4.78, 5) is 28.6. The normalized spacial score (nSPS) is 12.0. The molecule has 2 amide bonds. The number of para-hydroxylation sites is 1. The lowest BCUT2D eigenvalue weighted by atomic mass is 10.0. The Morgan fingerprint density at radius 3 is 2.08 bits per heavy atom. The van der Waals surface area contributed by atoms with Crippen LogP contribution in [0.2, 0.25) is 0 Å². The van der Waals surface area contributed by atoms with E-state index in [1.807, 2.05) is 86.6 Å². The average molecular weight is 587 g/mol. The first-order valence-electron chi connectivity index (χ1n) is 11.8. The van der Waals surface area contributed by atoms with Crippen LogP contribution in [0.15, 0.2) is 77.3 Å². The van der Waals surface area contributed by atoms with Gasteiger partial charge in [0.15, 0.2) is 0 Å². The van der Waals surface area contributed by atoms with Crippen LogP contribution in [0.4, 0.5) is 5.69 Å². The van der Waals surface area contributed by atoms with Crippen molar-refractivity contribution < 1.29 is 18.0 Å². The molecular formula is C28H32BrN3O4S. The Bertz CT molecular complexity index is 1340. The van der Waals surface area contributed by atoms with Gasteiger partial charge in [-0.1, -0.05) is 76.6 Å². The number of nitrogens with zero attached hydrogens (tertiary/aromatic N) is 2. The SMILES string of the molecule is CNC(=O)[C@H](Cc1ccccc1)N(Cc1cccc(Br)c1)C(=O)CN(c1c(C)cccc1C)S(C)(=O)=O. The summed E-state index contributed by atoms with van der Waals surface area (Å²) in [5.74, 6) is -0.803. The van der Waals surface area contributed by atoms with Gasteiger partial charge in [0.1, 0.15) is 12.6 Å². The quantitative estimate of drug-likeness (QED) is 0.386. The Morgan fingerprint density at radius 1 is 0.919 bits per heavy atom. The molecule has 196 valence electrons. The van der Waals surface area contributed by atoms with Gasteiger partial charge < -0.3 is 10.2 Å². The molecule has 3 rings (SSSR count). The minimum Gasteiger partial charge on any atom is -0.357 e. The summed E-state index contributed by atoms with van der Waals surface area (Å²) in [6.45, 7) is 3.33. The topological polar surface area (TPSA) is 86.8 Å². The van der Waals surface area contributed by atoms with Gasteiger partial charge in [0.2, 0.25) is 21.8 Å². The first-order valence-corrected chi connectivity index (χ1v) is 14.5. The standard InChI is InChI=1S/C28H32BrN3O4S/c1-20-10-8-11-21(2)27(20)32(37(4,35)36)19-26(33)31(18-23-14-9-15-24(29)16-23)25(28(34)30-3)17-22-12-6-5-7-13-22/h5-16,25H,17-19H2,1-4H3,(H,30,34)/t25-/m0/s1. The van der Waals surface area contributed by atoms with Crippen LogP contribution in [0.5, 0.6) is 0 Å². The number of nitrogens with one attached hydrogen (secondary N) is 1. The van der Waals surface area contributed by atoms with Crippen molar-refractivity contribution in [1.82, 2.24) is 10.2 Å². The van der Waals surface area contributed by atoms with Crippen LogP contribution in [0.25, 0.3) is 0 Å². The Morgan fingerprint density at radius 2 is 1.51 bits per heavy atom. The van der Waals surface area contributed by atoms with Gasteiger partial charge in [-0.3, -0.25) is 13.9 Å². The molecular weight excluding hydrogens is 554 g/mol. The zero-order valence-electron chi connectivity index (χ0n) is 21.4. The van der Waals surface area contributed by atoms with Crippen LogP contribution in [0.3, 0.4) is 0 Å². The first kappa shape index (κ1) is 28.4. The van der Waals surface area contributed by atoms with Crippen molar-refractivity contribution in [2.45, 2.75) is 32.9 Å². The van der Waals surface area contributed by atoms with E-state index in [4.69, 9.17) is 0 Å². The first-order chi connectivity index (χ1) is 17.5. The lowest BCUT2D eigenvalue weighted by Gasteiger charge is -2.34. The largest absolute Gasteiger partial charge is 0.357 e. The zero-order valence-corrected chi connectivity index (χ0v) is 23.8. The van der Waals surface area contributed by atoms with Crippen LogP contribution in [-0.4, -0.2) is 51.0 Å². The molecule has 1 N–H and O–H groups in total. The Balaban J connectivity index is 2.07. The van der Waals surface area contributed by atoms with E-state index in [1.165, 1.54) is 11.9 Å². The summed E-state index contributed by atoms with van der Waals surface area (Å²) in [6.07, 6.45) is 1.37. The van der Waals surface area contributed by atoms with Gasteiger partial charge >= 0.3 is 0 Å². The van der Waals surface area contributed by atoms with E-state index in [2.05, 4.69) is 21.2 Å². The van der Waals surface area contributed by atoms with Crippen molar-refractivity contribution in [1.29, 1.82) is 0 Å². The number of carbonyl (C=O) groups is 2. The molecule has 0 radical (unpaired) electrons. The fourth-order valence-electron chi connectivity index (χ4n) is 4.33. The maximum Gasteiger partial charge on any atom is 0.244 e. The van der Waals surface area contributed by atoms with Gasteiger partial charge in [-0.15, -0.1) is 0 Å². The van der Waals surface area contributed by atoms with E-state index in [0.717, 1.165) is 37.3 Å². The number of benzene rings is 3. The Labute approximate surface area is 227 Å². The lowest BCUT2D eigenvalue weighted by Crippen LogP contribution is -2.53. The minimum absolute atomic E-state index is 0.132. The highest BCUT2D eigenvalue weighted by molar-refractivity contribution is 9.10. The molecule has 3 aromatic carbocycles. The van der Waals surface area contributed by atoms with Crippen LogP contribution in [-0.2, 0) is 32.6 Å². The van der Waals surface area contributed by atoms with E-state index < -0.39 is 28.5 Å². The molecule has 0 aliphatic heterocycles. The van der Waals surface area contributed by atoms with Gasteiger partial charge in [0.05, 0.1) is 11.9 Å². The average Bonchev–Trinajstić information content (AvgIpc) is 2.85.